The average Bonchev–Trinajstić information content (AvgIpc) is 2.82. The molecule has 1 aromatic heterocycles. The number of aliphatic imine (C=N–C) groups is 1. The van der Waals surface area contributed by atoms with E-state index in [1.54, 1.807) is 18.4 Å². The summed E-state index contributed by atoms with van der Waals surface area (Å²) < 4.78 is 0.223. The van der Waals surface area contributed by atoms with Gasteiger partial charge in [-0.15, -0.1) is 35.3 Å². The lowest BCUT2D eigenvalue weighted by Gasteiger charge is -2.23. The zero-order chi connectivity index (χ0) is 12.7. The molecule has 1 heterocycles. The molecule has 6 heteroatoms. The molecule has 0 aliphatic heterocycles. The fourth-order valence-corrected chi connectivity index (χ4v) is 2.03. The van der Waals surface area contributed by atoms with Gasteiger partial charge in [-0.2, -0.15) is 11.8 Å². The monoisotopic (exact) mass is 399 g/mol. The number of guanidine groups is 1. The lowest BCUT2D eigenvalue weighted by atomic mass is 10.2. The maximum Gasteiger partial charge on any atom is 0.191 e. The highest BCUT2D eigenvalue weighted by Gasteiger charge is 2.15. The molecule has 3 nitrogen and oxygen atoms in total. The summed E-state index contributed by atoms with van der Waals surface area (Å²) in [5.41, 5.74) is 0. The molecular formula is C12H22IN3S2. The lowest BCUT2D eigenvalue weighted by molar-refractivity contribution is 0.665. The minimum absolute atomic E-state index is 0. The molecule has 1 rings (SSSR count). The van der Waals surface area contributed by atoms with Crippen LogP contribution in [0.25, 0.3) is 0 Å². The summed E-state index contributed by atoms with van der Waals surface area (Å²) in [5.74, 6) is 0.862. The zero-order valence-electron chi connectivity index (χ0n) is 11.3. The van der Waals surface area contributed by atoms with Crippen molar-refractivity contribution in [3.63, 3.8) is 0 Å². The van der Waals surface area contributed by atoms with Crippen molar-refractivity contribution in [2.75, 3.05) is 19.8 Å². The van der Waals surface area contributed by atoms with E-state index in [1.165, 1.54) is 4.88 Å². The molecule has 104 valence electrons. The number of nitrogens with one attached hydrogen (secondary N) is 2. The maximum atomic E-state index is 4.21. The molecule has 1 aromatic rings. The van der Waals surface area contributed by atoms with Crippen LogP contribution in [-0.2, 0) is 6.54 Å². The average molecular weight is 399 g/mol. The van der Waals surface area contributed by atoms with Crippen molar-refractivity contribution in [2.45, 2.75) is 25.1 Å². The molecule has 2 N–H and O–H groups in total. The van der Waals surface area contributed by atoms with Crippen molar-refractivity contribution < 1.29 is 0 Å². The first-order valence-electron chi connectivity index (χ1n) is 5.59. The first kappa shape index (κ1) is 18.0. The van der Waals surface area contributed by atoms with E-state index in [-0.39, 0.29) is 28.7 Å². The number of thiophene rings is 1. The highest BCUT2D eigenvalue weighted by molar-refractivity contribution is 14.0. The SMILES string of the molecule is CN=C(NCc1cccs1)NCC(C)(C)SC.I. The summed E-state index contributed by atoms with van der Waals surface area (Å²) in [6, 6.07) is 4.19. The minimum Gasteiger partial charge on any atom is -0.355 e. The first-order valence-corrected chi connectivity index (χ1v) is 7.70. The molecule has 0 radical (unpaired) electrons. The molecule has 0 aliphatic carbocycles. The van der Waals surface area contributed by atoms with Crippen LogP contribution in [0, 0.1) is 0 Å². The predicted molar refractivity (Wildman–Crippen MR) is 95.5 cm³/mol. The maximum absolute atomic E-state index is 4.21. The van der Waals surface area contributed by atoms with Crippen LogP contribution in [0.2, 0.25) is 0 Å². The normalized spacial score (nSPS) is 11.9. The molecule has 0 amide bonds. The van der Waals surface area contributed by atoms with E-state index in [4.69, 9.17) is 0 Å². The highest BCUT2D eigenvalue weighted by atomic mass is 127. The van der Waals surface area contributed by atoms with E-state index in [9.17, 15) is 0 Å². The van der Waals surface area contributed by atoms with E-state index in [0.717, 1.165) is 19.0 Å². The minimum atomic E-state index is 0. The summed E-state index contributed by atoms with van der Waals surface area (Å²) in [7, 11) is 1.80. The Kier molecular flexibility index (Phi) is 9.06. The Morgan fingerprint density at radius 3 is 2.67 bits per heavy atom. The fraction of sp³-hybridized carbons (Fsp3) is 0.583. The summed E-state index contributed by atoms with van der Waals surface area (Å²) in [6.45, 7) is 6.17. The Hall–Kier alpha value is 0.0500. The Balaban J connectivity index is 0.00000289. The van der Waals surface area contributed by atoms with Crippen LogP contribution in [0.5, 0.6) is 0 Å². The second-order valence-corrected chi connectivity index (χ2v) is 6.87. The zero-order valence-corrected chi connectivity index (χ0v) is 15.3. The van der Waals surface area contributed by atoms with Crippen molar-refractivity contribution in [1.82, 2.24) is 10.6 Å². The second kappa shape index (κ2) is 9.03. The smallest absolute Gasteiger partial charge is 0.191 e. The Morgan fingerprint density at radius 1 is 1.44 bits per heavy atom. The van der Waals surface area contributed by atoms with E-state index < -0.39 is 0 Å². The summed E-state index contributed by atoms with van der Waals surface area (Å²) in [6.07, 6.45) is 2.13. The molecule has 0 unspecified atom stereocenters. The standard InChI is InChI=1S/C12H21N3S2.HI/c1-12(2,16-4)9-15-11(13-3)14-8-10-6-5-7-17-10;/h5-7H,8-9H2,1-4H3,(H2,13,14,15);1H. The van der Waals surface area contributed by atoms with E-state index in [2.05, 4.69) is 53.2 Å². The van der Waals surface area contributed by atoms with Crippen LogP contribution >= 0.6 is 47.1 Å². The van der Waals surface area contributed by atoms with Crippen molar-refractivity contribution in [1.29, 1.82) is 0 Å². The van der Waals surface area contributed by atoms with E-state index in [0.29, 0.717) is 0 Å². The molecule has 0 aromatic carbocycles. The quantitative estimate of drug-likeness (QED) is 0.454. The van der Waals surface area contributed by atoms with Crippen molar-refractivity contribution in [3.05, 3.63) is 22.4 Å². The van der Waals surface area contributed by atoms with Gasteiger partial charge < -0.3 is 10.6 Å². The summed E-state index contributed by atoms with van der Waals surface area (Å²) in [5, 5.41) is 8.74. The van der Waals surface area contributed by atoms with Gasteiger partial charge in [-0.1, -0.05) is 6.07 Å². The van der Waals surface area contributed by atoms with Gasteiger partial charge >= 0.3 is 0 Å². The molecule has 0 spiro atoms. The van der Waals surface area contributed by atoms with Gasteiger partial charge in [0.15, 0.2) is 5.96 Å². The largest absolute Gasteiger partial charge is 0.355 e. The van der Waals surface area contributed by atoms with Gasteiger partial charge in [0.05, 0.1) is 6.54 Å². The first-order chi connectivity index (χ1) is 8.07. The Morgan fingerprint density at radius 2 is 2.17 bits per heavy atom. The third-order valence-corrected chi connectivity index (χ3v) is 4.59. The van der Waals surface area contributed by atoms with Crippen LogP contribution in [0.3, 0.4) is 0 Å². The Labute approximate surface area is 135 Å². The molecule has 0 atom stereocenters. The third kappa shape index (κ3) is 6.84. The predicted octanol–water partition coefficient (Wildman–Crippen LogP) is 3.17. The third-order valence-electron chi connectivity index (χ3n) is 2.47. The van der Waals surface area contributed by atoms with E-state index in [1.807, 2.05) is 11.8 Å². The van der Waals surface area contributed by atoms with Crippen LogP contribution in [0.4, 0.5) is 0 Å². The molecule has 0 aliphatic rings. The number of hydrogen-bond acceptors (Lipinski definition) is 3. The number of halogens is 1. The molecule has 0 saturated carbocycles. The van der Waals surface area contributed by atoms with Gasteiger partial charge in [-0.05, 0) is 31.5 Å². The van der Waals surface area contributed by atoms with Gasteiger partial charge in [0, 0.05) is 23.2 Å². The van der Waals surface area contributed by atoms with Crippen LogP contribution in [0.1, 0.15) is 18.7 Å². The van der Waals surface area contributed by atoms with Crippen molar-refractivity contribution >= 4 is 53.0 Å². The van der Waals surface area contributed by atoms with Gasteiger partial charge in [-0.25, -0.2) is 0 Å². The van der Waals surface area contributed by atoms with Gasteiger partial charge in [0.25, 0.3) is 0 Å². The molecular weight excluding hydrogens is 377 g/mol. The summed E-state index contributed by atoms with van der Waals surface area (Å²) >= 11 is 3.61. The van der Waals surface area contributed by atoms with E-state index >= 15 is 0 Å². The lowest BCUT2D eigenvalue weighted by Crippen LogP contribution is -2.42. The van der Waals surface area contributed by atoms with Crippen LogP contribution < -0.4 is 10.6 Å². The number of rotatable bonds is 5. The molecule has 0 fully saturated rings. The molecule has 0 bridgehead atoms. The van der Waals surface area contributed by atoms with Gasteiger partial charge in [-0.3, -0.25) is 4.99 Å². The van der Waals surface area contributed by atoms with Crippen molar-refractivity contribution in [3.8, 4) is 0 Å². The van der Waals surface area contributed by atoms with Crippen LogP contribution in [0.15, 0.2) is 22.5 Å². The summed E-state index contributed by atoms with van der Waals surface area (Å²) in [4.78, 5) is 5.53. The number of nitrogens with zero attached hydrogens (tertiary/aromatic N) is 1. The topological polar surface area (TPSA) is 36.4 Å². The molecule has 0 saturated heterocycles. The Bertz CT molecular complexity index is 350. The second-order valence-electron chi connectivity index (χ2n) is 4.32. The number of hydrogen-bond donors (Lipinski definition) is 2. The number of thioether (sulfide) groups is 1. The van der Waals surface area contributed by atoms with Gasteiger partial charge in [0.1, 0.15) is 0 Å². The van der Waals surface area contributed by atoms with Crippen LogP contribution in [-0.4, -0.2) is 30.6 Å². The van der Waals surface area contributed by atoms with Gasteiger partial charge in [0.2, 0.25) is 0 Å². The fourth-order valence-electron chi connectivity index (χ4n) is 1.17. The molecule has 18 heavy (non-hydrogen) atoms. The van der Waals surface area contributed by atoms with Crippen molar-refractivity contribution in [2.24, 2.45) is 4.99 Å². The highest BCUT2D eigenvalue weighted by Crippen LogP contribution is 2.19.